The minimum absolute atomic E-state index is 0.955. The molecule has 2 nitrogen and oxygen atoms in total. The lowest BCUT2D eigenvalue weighted by atomic mass is 10.4. The largest absolute Gasteiger partial charge is 0.291 e. The summed E-state index contributed by atoms with van der Waals surface area (Å²) in [6, 6.07) is 6.09. The van der Waals surface area contributed by atoms with E-state index >= 15 is 0 Å². The van der Waals surface area contributed by atoms with Gasteiger partial charge in [-0.15, -0.1) is 0 Å². The Labute approximate surface area is 79.4 Å². The normalized spacial score (nSPS) is 10.8. The quantitative estimate of drug-likeness (QED) is 0.682. The van der Waals surface area contributed by atoms with Crippen molar-refractivity contribution in [3.63, 3.8) is 0 Å². The molecule has 2 heterocycles. The van der Waals surface area contributed by atoms with Gasteiger partial charge in [0, 0.05) is 6.42 Å². The van der Waals surface area contributed by atoms with Gasteiger partial charge < -0.3 is 0 Å². The average molecular weight is 225 g/mol. The molecule has 0 saturated heterocycles. The molecule has 3 heteroatoms. The summed E-state index contributed by atoms with van der Waals surface area (Å²) >= 11 is 3.49. The number of aromatic nitrogens is 2. The van der Waals surface area contributed by atoms with Crippen molar-refractivity contribution in [2.24, 2.45) is 0 Å². The molecule has 0 unspecified atom stereocenters. The highest BCUT2D eigenvalue weighted by Crippen LogP contribution is 2.15. The van der Waals surface area contributed by atoms with E-state index in [-0.39, 0.29) is 0 Å². The third kappa shape index (κ3) is 1.05. The van der Waals surface area contributed by atoms with Crippen LogP contribution in [-0.4, -0.2) is 9.38 Å². The second kappa shape index (κ2) is 2.90. The fourth-order valence-electron chi connectivity index (χ4n) is 1.32. The fourth-order valence-corrected chi connectivity index (χ4v) is 1.88. The van der Waals surface area contributed by atoms with E-state index in [2.05, 4.69) is 38.3 Å². The number of aryl methyl sites for hydroxylation is 1. The lowest BCUT2D eigenvalue weighted by molar-refractivity contribution is 0.920. The lowest BCUT2D eigenvalue weighted by Crippen LogP contribution is -1.93. The van der Waals surface area contributed by atoms with E-state index in [1.165, 1.54) is 0 Å². The highest BCUT2D eigenvalue weighted by atomic mass is 79.9. The SMILES string of the molecule is CCc1ncc2cccc(Br)n12. The van der Waals surface area contributed by atoms with Gasteiger partial charge in [-0.3, -0.25) is 4.40 Å². The standard InChI is InChI=1S/C9H9BrN2/c1-2-9-11-6-7-4-3-5-8(10)12(7)9/h3-6H,2H2,1H3. The van der Waals surface area contributed by atoms with Crippen molar-refractivity contribution in [1.82, 2.24) is 9.38 Å². The van der Waals surface area contributed by atoms with Crippen LogP contribution in [0.1, 0.15) is 12.7 Å². The van der Waals surface area contributed by atoms with E-state index in [0.29, 0.717) is 0 Å². The number of hydrogen-bond acceptors (Lipinski definition) is 1. The van der Waals surface area contributed by atoms with Gasteiger partial charge in [-0.1, -0.05) is 13.0 Å². The van der Waals surface area contributed by atoms with Gasteiger partial charge >= 0.3 is 0 Å². The van der Waals surface area contributed by atoms with Crippen molar-refractivity contribution < 1.29 is 0 Å². The summed E-state index contributed by atoms with van der Waals surface area (Å²) in [5.41, 5.74) is 1.14. The van der Waals surface area contributed by atoms with E-state index < -0.39 is 0 Å². The fraction of sp³-hybridized carbons (Fsp3) is 0.222. The zero-order valence-corrected chi connectivity index (χ0v) is 8.37. The monoisotopic (exact) mass is 224 g/mol. The third-order valence-electron chi connectivity index (χ3n) is 1.89. The topological polar surface area (TPSA) is 17.3 Å². The summed E-state index contributed by atoms with van der Waals surface area (Å²) in [5.74, 6) is 1.09. The van der Waals surface area contributed by atoms with Crippen LogP contribution >= 0.6 is 15.9 Å². The molecule has 2 aromatic rings. The number of rotatable bonds is 1. The Morgan fingerprint density at radius 1 is 1.50 bits per heavy atom. The Hall–Kier alpha value is -0.830. The van der Waals surface area contributed by atoms with E-state index in [0.717, 1.165) is 22.4 Å². The molecular formula is C9H9BrN2. The highest BCUT2D eigenvalue weighted by Gasteiger charge is 2.02. The van der Waals surface area contributed by atoms with Gasteiger partial charge in [0.25, 0.3) is 0 Å². The van der Waals surface area contributed by atoms with Crippen LogP contribution in [0.15, 0.2) is 29.0 Å². The number of imidazole rings is 1. The highest BCUT2D eigenvalue weighted by molar-refractivity contribution is 9.10. The number of fused-ring (bicyclic) bond motifs is 1. The molecular weight excluding hydrogens is 216 g/mol. The summed E-state index contributed by atoms with van der Waals surface area (Å²) < 4.78 is 3.18. The van der Waals surface area contributed by atoms with Crippen molar-refractivity contribution in [3.8, 4) is 0 Å². The minimum atomic E-state index is 0.955. The summed E-state index contributed by atoms with van der Waals surface area (Å²) in [7, 11) is 0. The Kier molecular flexibility index (Phi) is 1.89. The second-order valence-corrected chi connectivity index (χ2v) is 3.45. The molecule has 0 aromatic carbocycles. The van der Waals surface area contributed by atoms with Crippen LogP contribution in [0.25, 0.3) is 5.52 Å². The second-order valence-electron chi connectivity index (χ2n) is 2.64. The number of halogens is 1. The Balaban J connectivity index is 2.83. The van der Waals surface area contributed by atoms with Crippen molar-refractivity contribution in [1.29, 1.82) is 0 Å². The minimum Gasteiger partial charge on any atom is -0.291 e. The molecule has 0 amide bonds. The number of nitrogens with zero attached hydrogens (tertiary/aromatic N) is 2. The van der Waals surface area contributed by atoms with Crippen molar-refractivity contribution in [2.75, 3.05) is 0 Å². The molecule has 0 atom stereocenters. The molecule has 0 fully saturated rings. The zero-order chi connectivity index (χ0) is 8.55. The maximum absolute atomic E-state index is 4.31. The molecule has 0 bridgehead atoms. The first-order chi connectivity index (χ1) is 5.83. The summed E-state index contributed by atoms with van der Waals surface area (Å²) in [6.07, 6.45) is 2.85. The first kappa shape index (κ1) is 7.80. The maximum Gasteiger partial charge on any atom is 0.113 e. The zero-order valence-electron chi connectivity index (χ0n) is 6.79. The van der Waals surface area contributed by atoms with E-state index in [9.17, 15) is 0 Å². The summed E-state index contributed by atoms with van der Waals surface area (Å²) in [6.45, 7) is 2.11. The van der Waals surface area contributed by atoms with Gasteiger partial charge in [0.15, 0.2) is 0 Å². The number of hydrogen-bond donors (Lipinski definition) is 0. The van der Waals surface area contributed by atoms with Gasteiger partial charge in [0.05, 0.1) is 16.3 Å². The Bertz CT molecular complexity index is 406. The predicted molar refractivity (Wildman–Crippen MR) is 52.3 cm³/mol. The van der Waals surface area contributed by atoms with Crippen LogP contribution in [0, 0.1) is 0 Å². The van der Waals surface area contributed by atoms with Crippen molar-refractivity contribution in [3.05, 3.63) is 34.8 Å². The Morgan fingerprint density at radius 2 is 2.33 bits per heavy atom. The van der Waals surface area contributed by atoms with Gasteiger partial charge in [-0.25, -0.2) is 4.98 Å². The molecule has 2 rings (SSSR count). The van der Waals surface area contributed by atoms with E-state index in [1.54, 1.807) is 0 Å². The molecule has 0 radical (unpaired) electrons. The van der Waals surface area contributed by atoms with Crippen molar-refractivity contribution >= 4 is 21.4 Å². The van der Waals surface area contributed by atoms with Crippen LogP contribution in [0.2, 0.25) is 0 Å². The summed E-state index contributed by atoms with van der Waals surface area (Å²) in [5, 5.41) is 0. The molecule has 0 saturated carbocycles. The molecule has 0 spiro atoms. The molecule has 0 aliphatic heterocycles. The third-order valence-corrected chi connectivity index (χ3v) is 2.51. The lowest BCUT2D eigenvalue weighted by Gasteiger charge is -2.00. The smallest absolute Gasteiger partial charge is 0.113 e. The van der Waals surface area contributed by atoms with Gasteiger partial charge in [-0.2, -0.15) is 0 Å². The van der Waals surface area contributed by atoms with Crippen molar-refractivity contribution in [2.45, 2.75) is 13.3 Å². The molecule has 0 N–H and O–H groups in total. The first-order valence-corrected chi connectivity index (χ1v) is 4.73. The first-order valence-electron chi connectivity index (χ1n) is 3.93. The maximum atomic E-state index is 4.31. The van der Waals surface area contributed by atoms with Gasteiger partial charge in [0.2, 0.25) is 0 Å². The molecule has 2 aromatic heterocycles. The molecule has 62 valence electrons. The molecule has 0 aliphatic rings. The average Bonchev–Trinajstić information content (AvgIpc) is 2.49. The molecule has 0 aliphatic carbocycles. The van der Waals surface area contributed by atoms with Crippen LogP contribution in [-0.2, 0) is 6.42 Å². The van der Waals surface area contributed by atoms with Gasteiger partial charge in [0.1, 0.15) is 5.82 Å². The van der Waals surface area contributed by atoms with Gasteiger partial charge in [-0.05, 0) is 28.1 Å². The van der Waals surface area contributed by atoms with E-state index in [4.69, 9.17) is 0 Å². The van der Waals surface area contributed by atoms with E-state index in [1.807, 2.05) is 18.3 Å². The predicted octanol–water partition coefficient (Wildman–Crippen LogP) is 2.66. The van der Waals surface area contributed by atoms with Crippen LogP contribution < -0.4 is 0 Å². The summed E-state index contributed by atoms with van der Waals surface area (Å²) in [4.78, 5) is 4.31. The van der Waals surface area contributed by atoms with Crippen LogP contribution in [0.3, 0.4) is 0 Å². The van der Waals surface area contributed by atoms with Crippen LogP contribution in [0.4, 0.5) is 0 Å². The Morgan fingerprint density at radius 3 is 3.08 bits per heavy atom. The molecule has 12 heavy (non-hydrogen) atoms. The number of pyridine rings is 1. The van der Waals surface area contributed by atoms with Crippen LogP contribution in [0.5, 0.6) is 0 Å².